The fourth-order valence-corrected chi connectivity index (χ4v) is 1.10. The topological polar surface area (TPSA) is 66.9 Å². The molecular formula is C12H10N2O. The lowest BCUT2D eigenvalue weighted by Crippen LogP contribution is -2.08. The maximum Gasteiger partial charge on any atom is 0.229 e. The predicted molar refractivity (Wildman–Crippen MR) is 56.6 cm³/mol. The molecule has 0 unspecified atom stereocenters. The standard InChI is InChI=1S/C12H10N2O/c1-9-7-10(8-13)5-6-11(9)3-2-4-12(14)15/h5-7H,4H2,1H3,(H2,14,15). The Morgan fingerprint density at radius 3 is 2.80 bits per heavy atom. The van der Waals surface area contributed by atoms with Gasteiger partial charge in [0.2, 0.25) is 5.91 Å². The van der Waals surface area contributed by atoms with Crippen LogP contribution in [0.25, 0.3) is 0 Å². The average molecular weight is 198 g/mol. The highest BCUT2D eigenvalue weighted by Crippen LogP contribution is 2.08. The first-order valence-corrected chi connectivity index (χ1v) is 4.41. The van der Waals surface area contributed by atoms with Gasteiger partial charge in [0, 0.05) is 5.56 Å². The zero-order chi connectivity index (χ0) is 11.3. The van der Waals surface area contributed by atoms with Gasteiger partial charge in [0.25, 0.3) is 0 Å². The number of nitriles is 1. The summed E-state index contributed by atoms with van der Waals surface area (Å²) < 4.78 is 0. The number of carbonyl (C=O) groups excluding carboxylic acids is 1. The largest absolute Gasteiger partial charge is 0.369 e. The van der Waals surface area contributed by atoms with Crippen molar-refractivity contribution in [2.24, 2.45) is 5.73 Å². The first-order chi connectivity index (χ1) is 7.13. The van der Waals surface area contributed by atoms with E-state index >= 15 is 0 Å². The molecule has 0 aliphatic heterocycles. The summed E-state index contributed by atoms with van der Waals surface area (Å²) >= 11 is 0. The first-order valence-electron chi connectivity index (χ1n) is 4.41. The van der Waals surface area contributed by atoms with Crippen molar-refractivity contribution in [3.05, 3.63) is 34.9 Å². The van der Waals surface area contributed by atoms with Crippen LogP contribution in [-0.2, 0) is 4.79 Å². The van der Waals surface area contributed by atoms with Crippen molar-refractivity contribution >= 4 is 5.91 Å². The molecule has 0 aliphatic rings. The van der Waals surface area contributed by atoms with Crippen molar-refractivity contribution in [3.63, 3.8) is 0 Å². The highest BCUT2D eigenvalue weighted by molar-refractivity contribution is 5.76. The van der Waals surface area contributed by atoms with Crippen LogP contribution < -0.4 is 5.73 Å². The van der Waals surface area contributed by atoms with E-state index in [0.717, 1.165) is 11.1 Å². The summed E-state index contributed by atoms with van der Waals surface area (Å²) in [6.07, 6.45) is 0.0550. The van der Waals surface area contributed by atoms with Gasteiger partial charge >= 0.3 is 0 Å². The second kappa shape index (κ2) is 4.83. The van der Waals surface area contributed by atoms with Crippen molar-refractivity contribution in [1.29, 1.82) is 5.26 Å². The van der Waals surface area contributed by atoms with Gasteiger partial charge in [0.05, 0.1) is 18.1 Å². The van der Waals surface area contributed by atoms with Gasteiger partial charge in [-0.25, -0.2) is 0 Å². The molecule has 0 aromatic heterocycles. The minimum atomic E-state index is -0.436. The van der Waals surface area contributed by atoms with Gasteiger partial charge in [-0.2, -0.15) is 5.26 Å². The van der Waals surface area contributed by atoms with Crippen LogP contribution in [0, 0.1) is 30.1 Å². The molecule has 3 heteroatoms. The number of carbonyl (C=O) groups is 1. The molecule has 1 aromatic rings. The summed E-state index contributed by atoms with van der Waals surface area (Å²) in [4.78, 5) is 10.5. The van der Waals surface area contributed by atoms with E-state index in [2.05, 4.69) is 11.8 Å². The number of rotatable bonds is 1. The smallest absolute Gasteiger partial charge is 0.229 e. The number of hydrogen-bond acceptors (Lipinski definition) is 2. The number of primary amides is 1. The third-order valence-corrected chi connectivity index (χ3v) is 1.84. The zero-order valence-corrected chi connectivity index (χ0v) is 8.37. The Morgan fingerprint density at radius 2 is 2.27 bits per heavy atom. The lowest BCUT2D eigenvalue weighted by Gasteiger charge is -1.97. The molecule has 0 saturated carbocycles. The molecule has 2 N–H and O–H groups in total. The van der Waals surface area contributed by atoms with Crippen LogP contribution in [0.2, 0.25) is 0 Å². The van der Waals surface area contributed by atoms with Crippen LogP contribution in [0.1, 0.15) is 23.1 Å². The van der Waals surface area contributed by atoms with Crippen molar-refractivity contribution in [2.75, 3.05) is 0 Å². The van der Waals surface area contributed by atoms with Crippen molar-refractivity contribution < 1.29 is 4.79 Å². The van der Waals surface area contributed by atoms with Gasteiger partial charge in [0.1, 0.15) is 0 Å². The third-order valence-electron chi connectivity index (χ3n) is 1.84. The second-order valence-corrected chi connectivity index (χ2v) is 3.09. The monoisotopic (exact) mass is 198 g/mol. The van der Waals surface area contributed by atoms with E-state index in [1.807, 2.05) is 13.0 Å². The average Bonchev–Trinajstić information content (AvgIpc) is 2.20. The molecule has 0 heterocycles. The summed E-state index contributed by atoms with van der Waals surface area (Å²) in [5.41, 5.74) is 7.30. The minimum Gasteiger partial charge on any atom is -0.369 e. The molecule has 0 aliphatic carbocycles. The Bertz CT molecular complexity index is 487. The Morgan fingerprint density at radius 1 is 1.53 bits per heavy atom. The van der Waals surface area contributed by atoms with E-state index in [0.29, 0.717) is 5.56 Å². The van der Waals surface area contributed by atoms with E-state index < -0.39 is 5.91 Å². The Labute approximate surface area is 88.5 Å². The quantitative estimate of drug-likeness (QED) is 0.686. The van der Waals surface area contributed by atoms with Crippen LogP contribution in [-0.4, -0.2) is 5.91 Å². The van der Waals surface area contributed by atoms with E-state index in [4.69, 9.17) is 11.0 Å². The lowest BCUT2D eigenvalue weighted by molar-refractivity contribution is -0.117. The van der Waals surface area contributed by atoms with Crippen LogP contribution in [0.5, 0.6) is 0 Å². The van der Waals surface area contributed by atoms with Crippen molar-refractivity contribution in [2.45, 2.75) is 13.3 Å². The summed E-state index contributed by atoms with van der Waals surface area (Å²) in [6, 6.07) is 7.27. The lowest BCUT2D eigenvalue weighted by atomic mass is 10.1. The molecule has 0 radical (unpaired) electrons. The van der Waals surface area contributed by atoms with Gasteiger partial charge in [-0.15, -0.1) is 0 Å². The molecular weight excluding hydrogens is 188 g/mol. The van der Waals surface area contributed by atoms with E-state index in [9.17, 15) is 4.79 Å². The van der Waals surface area contributed by atoms with Crippen LogP contribution in [0.3, 0.4) is 0 Å². The molecule has 0 saturated heterocycles. The fourth-order valence-electron chi connectivity index (χ4n) is 1.10. The summed E-state index contributed by atoms with van der Waals surface area (Å²) in [6.45, 7) is 1.87. The second-order valence-electron chi connectivity index (χ2n) is 3.09. The van der Waals surface area contributed by atoms with E-state index in [-0.39, 0.29) is 6.42 Å². The molecule has 15 heavy (non-hydrogen) atoms. The first kappa shape index (κ1) is 10.8. The van der Waals surface area contributed by atoms with Crippen LogP contribution >= 0.6 is 0 Å². The number of aryl methyl sites for hydroxylation is 1. The molecule has 1 amide bonds. The van der Waals surface area contributed by atoms with Gasteiger partial charge in [-0.05, 0) is 30.7 Å². The van der Waals surface area contributed by atoms with Crippen molar-refractivity contribution in [1.82, 2.24) is 0 Å². The number of hydrogen-bond donors (Lipinski definition) is 1. The Hall–Kier alpha value is -2.26. The predicted octanol–water partition coefficient (Wildman–Crippen LogP) is 1.09. The summed E-state index contributed by atoms with van der Waals surface area (Å²) in [5.74, 6) is 5.07. The molecule has 3 nitrogen and oxygen atoms in total. The van der Waals surface area contributed by atoms with Crippen molar-refractivity contribution in [3.8, 4) is 17.9 Å². The minimum absolute atomic E-state index is 0.0550. The molecule has 0 atom stereocenters. The highest BCUT2D eigenvalue weighted by Gasteiger charge is 1.96. The maximum absolute atomic E-state index is 10.5. The van der Waals surface area contributed by atoms with Crippen LogP contribution in [0.4, 0.5) is 0 Å². The number of nitrogens with two attached hydrogens (primary N) is 1. The SMILES string of the molecule is Cc1cc(C#N)ccc1C#CCC(N)=O. The third kappa shape index (κ3) is 3.17. The summed E-state index contributed by atoms with van der Waals surface area (Å²) in [5, 5.41) is 8.65. The van der Waals surface area contributed by atoms with E-state index in [1.165, 1.54) is 0 Å². The molecule has 0 spiro atoms. The highest BCUT2D eigenvalue weighted by atomic mass is 16.1. The fraction of sp³-hybridized carbons (Fsp3) is 0.167. The van der Waals surface area contributed by atoms with Gasteiger partial charge in [-0.1, -0.05) is 11.8 Å². The van der Waals surface area contributed by atoms with Gasteiger partial charge < -0.3 is 5.73 Å². The normalized spacial score (nSPS) is 8.53. The Balaban J connectivity index is 2.91. The molecule has 1 rings (SSSR count). The summed E-state index contributed by atoms with van der Waals surface area (Å²) in [7, 11) is 0. The number of nitrogens with zero attached hydrogens (tertiary/aromatic N) is 1. The van der Waals surface area contributed by atoms with Gasteiger partial charge in [0.15, 0.2) is 0 Å². The molecule has 0 bridgehead atoms. The molecule has 74 valence electrons. The molecule has 1 aromatic carbocycles. The van der Waals surface area contributed by atoms with E-state index in [1.54, 1.807) is 18.2 Å². The molecule has 0 fully saturated rings. The van der Waals surface area contributed by atoms with Crippen LogP contribution in [0.15, 0.2) is 18.2 Å². The Kier molecular flexibility index (Phi) is 3.49. The number of benzene rings is 1. The zero-order valence-electron chi connectivity index (χ0n) is 8.37. The number of amides is 1. The van der Waals surface area contributed by atoms with Gasteiger partial charge in [-0.3, -0.25) is 4.79 Å². The maximum atomic E-state index is 10.5.